The number of likely N-dealkylation sites (tertiary alicyclic amines) is 1. The van der Waals surface area contributed by atoms with E-state index in [1.54, 1.807) is 17.0 Å². The van der Waals surface area contributed by atoms with Crippen LogP contribution in [0.4, 0.5) is 5.82 Å². The third kappa shape index (κ3) is 4.61. The number of aromatic nitrogens is 2. The first-order chi connectivity index (χ1) is 15.7. The van der Waals surface area contributed by atoms with Gasteiger partial charge in [0.1, 0.15) is 0 Å². The Balaban J connectivity index is 1.22. The lowest BCUT2D eigenvalue weighted by Crippen LogP contribution is -2.40. The van der Waals surface area contributed by atoms with Crippen molar-refractivity contribution in [3.63, 3.8) is 0 Å². The van der Waals surface area contributed by atoms with E-state index < -0.39 is 0 Å². The van der Waals surface area contributed by atoms with Gasteiger partial charge in [0, 0.05) is 48.2 Å². The van der Waals surface area contributed by atoms with Gasteiger partial charge in [-0.05, 0) is 53.4 Å². The summed E-state index contributed by atoms with van der Waals surface area (Å²) < 4.78 is 2.57. The number of hydrogen-bond acceptors (Lipinski definition) is 4. The highest BCUT2D eigenvalue weighted by Crippen LogP contribution is 2.20. The minimum absolute atomic E-state index is 0.121. The summed E-state index contributed by atoms with van der Waals surface area (Å²) in [6.07, 6.45) is 5.36. The molecular formula is C26H25BrN4O. The molecule has 0 unspecified atom stereocenters. The molecule has 0 bridgehead atoms. The topological polar surface area (TPSA) is 50.2 Å². The maximum Gasteiger partial charge on any atom is 0.297 e. The Hall–Kier alpha value is -2.96. The van der Waals surface area contributed by atoms with E-state index in [4.69, 9.17) is 0 Å². The van der Waals surface area contributed by atoms with Crippen LogP contribution in [0, 0.1) is 0 Å². The average Bonchev–Trinajstić information content (AvgIpc) is 2.81. The van der Waals surface area contributed by atoms with Crippen LogP contribution in [-0.2, 0) is 6.54 Å². The van der Waals surface area contributed by atoms with E-state index in [0.717, 1.165) is 42.6 Å². The van der Waals surface area contributed by atoms with Crippen molar-refractivity contribution in [1.82, 2.24) is 14.5 Å². The van der Waals surface area contributed by atoms with Crippen LogP contribution in [0.3, 0.4) is 0 Å². The van der Waals surface area contributed by atoms with E-state index in [9.17, 15) is 4.79 Å². The number of nitrogens with one attached hydrogen (secondary N) is 1. The molecule has 32 heavy (non-hydrogen) atoms. The molecule has 0 radical (unpaired) electrons. The smallest absolute Gasteiger partial charge is 0.297 e. The lowest BCUT2D eigenvalue weighted by atomic mass is 10.0. The van der Waals surface area contributed by atoms with Crippen LogP contribution in [0.2, 0.25) is 0 Å². The fraction of sp³-hybridized carbons (Fsp3) is 0.231. The molecule has 0 aliphatic carbocycles. The predicted molar refractivity (Wildman–Crippen MR) is 133 cm³/mol. The molecular weight excluding hydrogens is 464 g/mol. The van der Waals surface area contributed by atoms with Gasteiger partial charge in [0.25, 0.3) is 5.56 Å². The molecule has 1 aliphatic heterocycles. The Morgan fingerprint density at radius 3 is 2.59 bits per heavy atom. The van der Waals surface area contributed by atoms with Crippen molar-refractivity contribution < 1.29 is 0 Å². The van der Waals surface area contributed by atoms with Gasteiger partial charge in [-0.1, -0.05) is 58.4 Å². The number of halogens is 1. The lowest BCUT2D eigenvalue weighted by molar-refractivity contribution is 0.211. The first-order valence-electron chi connectivity index (χ1n) is 11.0. The van der Waals surface area contributed by atoms with Crippen molar-refractivity contribution in [3.05, 3.63) is 99.5 Å². The average molecular weight is 489 g/mol. The normalized spacial score (nSPS) is 15.2. The zero-order chi connectivity index (χ0) is 21.9. The van der Waals surface area contributed by atoms with E-state index >= 15 is 0 Å². The number of rotatable bonds is 5. The summed E-state index contributed by atoms with van der Waals surface area (Å²) in [5.74, 6) is 0.417. The first-order valence-corrected chi connectivity index (χ1v) is 11.8. The molecule has 5 rings (SSSR count). The second kappa shape index (κ2) is 9.27. The Labute approximate surface area is 195 Å². The maximum atomic E-state index is 13.0. The molecule has 1 aromatic heterocycles. The summed E-state index contributed by atoms with van der Waals surface area (Å²) in [7, 11) is 0. The standard InChI is InChI=1S/C26H25BrN4O/c27-22-6-3-7-24(17-22)31-15-12-28-25(26(31)32)29-23-10-13-30(14-11-23)18-19-8-9-20-4-1-2-5-21(20)16-19/h1-9,12,15-17,23H,10-11,13-14,18H2,(H,28,29). The molecule has 0 atom stereocenters. The SMILES string of the molecule is O=c1c(NC2CCN(Cc3ccc4ccccc4c3)CC2)nccn1-c1cccc(Br)c1. The molecule has 0 amide bonds. The first kappa shape index (κ1) is 20.9. The summed E-state index contributed by atoms with van der Waals surface area (Å²) in [6.45, 7) is 2.95. The van der Waals surface area contributed by atoms with Gasteiger partial charge in [-0.15, -0.1) is 0 Å². The van der Waals surface area contributed by atoms with E-state index in [1.807, 2.05) is 24.3 Å². The maximum absolute atomic E-state index is 13.0. The minimum Gasteiger partial charge on any atom is -0.363 e. The molecule has 1 fully saturated rings. The van der Waals surface area contributed by atoms with Crippen molar-refractivity contribution in [2.45, 2.75) is 25.4 Å². The number of piperidine rings is 1. The minimum atomic E-state index is -0.121. The van der Waals surface area contributed by atoms with Crippen molar-refractivity contribution >= 4 is 32.5 Å². The van der Waals surface area contributed by atoms with Crippen LogP contribution in [0.25, 0.3) is 16.5 Å². The van der Waals surface area contributed by atoms with Gasteiger partial charge in [-0.25, -0.2) is 4.98 Å². The number of benzene rings is 3. The highest BCUT2D eigenvalue weighted by atomic mass is 79.9. The Bertz CT molecular complexity index is 1290. The van der Waals surface area contributed by atoms with Gasteiger partial charge >= 0.3 is 0 Å². The quantitative estimate of drug-likeness (QED) is 0.418. The van der Waals surface area contributed by atoms with Crippen LogP contribution in [0.5, 0.6) is 0 Å². The van der Waals surface area contributed by atoms with Gasteiger partial charge in [0.15, 0.2) is 5.82 Å². The number of nitrogens with zero attached hydrogens (tertiary/aromatic N) is 3. The van der Waals surface area contributed by atoms with Gasteiger partial charge in [0.05, 0.1) is 0 Å². The highest BCUT2D eigenvalue weighted by molar-refractivity contribution is 9.10. The molecule has 2 heterocycles. The molecule has 3 aromatic carbocycles. The number of fused-ring (bicyclic) bond motifs is 1. The zero-order valence-corrected chi connectivity index (χ0v) is 19.3. The Morgan fingerprint density at radius 1 is 0.969 bits per heavy atom. The third-order valence-corrected chi connectivity index (χ3v) is 6.57. The molecule has 0 spiro atoms. The van der Waals surface area contributed by atoms with E-state index in [0.29, 0.717) is 5.82 Å². The van der Waals surface area contributed by atoms with Gasteiger partial charge < -0.3 is 5.32 Å². The van der Waals surface area contributed by atoms with Crippen LogP contribution in [-0.4, -0.2) is 33.6 Å². The summed E-state index contributed by atoms with van der Waals surface area (Å²) in [5.41, 5.74) is 2.04. The van der Waals surface area contributed by atoms with Gasteiger partial charge in [0.2, 0.25) is 0 Å². The van der Waals surface area contributed by atoms with Crippen LogP contribution < -0.4 is 10.9 Å². The molecule has 4 aromatic rings. The van der Waals surface area contributed by atoms with Crippen LogP contribution >= 0.6 is 15.9 Å². The molecule has 1 aliphatic rings. The van der Waals surface area contributed by atoms with Gasteiger partial charge in [-0.2, -0.15) is 0 Å². The number of anilines is 1. The Kier molecular flexibility index (Phi) is 6.06. The second-order valence-electron chi connectivity index (χ2n) is 8.31. The van der Waals surface area contributed by atoms with E-state index in [1.165, 1.54) is 16.3 Å². The number of hydrogen-bond donors (Lipinski definition) is 1. The molecule has 6 heteroatoms. The summed E-state index contributed by atoms with van der Waals surface area (Å²) in [5, 5.41) is 5.97. The van der Waals surface area contributed by atoms with Crippen molar-refractivity contribution in [2.24, 2.45) is 0 Å². The Morgan fingerprint density at radius 2 is 1.78 bits per heavy atom. The monoisotopic (exact) mass is 488 g/mol. The molecule has 5 nitrogen and oxygen atoms in total. The van der Waals surface area contributed by atoms with Crippen molar-refractivity contribution in [3.8, 4) is 5.69 Å². The molecule has 162 valence electrons. The van der Waals surface area contributed by atoms with Crippen molar-refractivity contribution in [1.29, 1.82) is 0 Å². The summed E-state index contributed by atoms with van der Waals surface area (Å²) in [4.78, 5) is 19.8. The molecule has 1 saturated heterocycles. The van der Waals surface area contributed by atoms with Gasteiger partial charge in [-0.3, -0.25) is 14.3 Å². The predicted octanol–water partition coefficient (Wildman–Crippen LogP) is 5.22. The van der Waals surface area contributed by atoms with E-state index in [-0.39, 0.29) is 11.6 Å². The zero-order valence-electron chi connectivity index (χ0n) is 17.7. The fourth-order valence-electron chi connectivity index (χ4n) is 4.36. The van der Waals surface area contributed by atoms with E-state index in [2.05, 4.69) is 73.6 Å². The molecule has 0 saturated carbocycles. The third-order valence-electron chi connectivity index (χ3n) is 6.08. The lowest BCUT2D eigenvalue weighted by Gasteiger charge is -2.32. The van der Waals surface area contributed by atoms with Crippen LogP contribution in [0.1, 0.15) is 18.4 Å². The summed E-state index contributed by atoms with van der Waals surface area (Å²) >= 11 is 3.47. The fourth-order valence-corrected chi connectivity index (χ4v) is 4.75. The molecule has 1 N–H and O–H groups in total. The van der Waals surface area contributed by atoms with Crippen LogP contribution in [0.15, 0.2) is 88.4 Å². The largest absolute Gasteiger partial charge is 0.363 e. The van der Waals surface area contributed by atoms with Crippen molar-refractivity contribution in [2.75, 3.05) is 18.4 Å². The summed E-state index contributed by atoms with van der Waals surface area (Å²) in [6, 6.07) is 23.2. The highest BCUT2D eigenvalue weighted by Gasteiger charge is 2.21. The second-order valence-corrected chi connectivity index (χ2v) is 9.22.